The Morgan fingerprint density at radius 2 is 2.11 bits per heavy atom. The Morgan fingerprint density at radius 1 is 1.32 bits per heavy atom. The number of benzene rings is 1. The van der Waals surface area contributed by atoms with Gasteiger partial charge in [0.1, 0.15) is 11.3 Å². The second-order valence-corrected chi connectivity index (χ2v) is 7.35. The number of H-pyrrole nitrogens is 1. The van der Waals surface area contributed by atoms with E-state index < -0.39 is 0 Å². The topological polar surface area (TPSA) is 104 Å². The third kappa shape index (κ3) is 4.01. The number of aryl methyl sites for hydroxylation is 1. The third-order valence-corrected chi connectivity index (χ3v) is 5.07. The highest BCUT2D eigenvalue weighted by Gasteiger charge is 2.27. The first-order valence-corrected chi connectivity index (χ1v) is 9.51. The van der Waals surface area contributed by atoms with Gasteiger partial charge in [-0.2, -0.15) is 4.98 Å². The van der Waals surface area contributed by atoms with Gasteiger partial charge < -0.3 is 19.6 Å². The van der Waals surface area contributed by atoms with E-state index in [4.69, 9.17) is 16.0 Å². The van der Waals surface area contributed by atoms with E-state index >= 15 is 0 Å². The Morgan fingerprint density at radius 3 is 2.86 bits per heavy atom. The molecule has 8 nitrogen and oxygen atoms in total. The predicted octanol–water partition coefficient (Wildman–Crippen LogP) is 2.41. The Labute approximate surface area is 165 Å². The van der Waals surface area contributed by atoms with Gasteiger partial charge in [-0.3, -0.25) is 9.59 Å². The number of piperidine rings is 1. The number of oxazole rings is 1. The molecule has 3 aromatic rings. The molecule has 1 amide bonds. The highest BCUT2D eigenvalue weighted by Crippen LogP contribution is 2.28. The van der Waals surface area contributed by atoms with Gasteiger partial charge in [-0.1, -0.05) is 11.6 Å². The fourth-order valence-corrected chi connectivity index (χ4v) is 3.57. The standard InChI is InChI=1S/C19H20ClN5O3/c1-11-22-14(9-17(26)23-11)10-21-18(27)12-4-6-25(7-5-12)19-24-15-3-2-13(20)8-16(15)28-19/h2-3,8-9,12H,4-7,10H2,1H3,(H,21,27)(H,22,23,26). The van der Waals surface area contributed by atoms with Crippen LogP contribution in [0.15, 0.2) is 33.5 Å². The number of hydrogen-bond donors (Lipinski definition) is 2. The van der Waals surface area contributed by atoms with Crippen LogP contribution in [0, 0.1) is 12.8 Å². The van der Waals surface area contributed by atoms with Crippen molar-refractivity contribution < 1.29 is 9.21 Å². The van der Waals surface area contributed by atoms with E-state index in [1.165, 1.54) is 6.07 Å². The summed E-state index contributed by atoms with van der Waals surface area (Å²) in [6.45, 7) is 3.32. The van der Waals surface area contributed by atoms with Gasteiger partial charge in [-0.15, -0.1) is 0 Å². The maximum atomic E-state index is 12.5. The number of nitrogens with one attached hydrogen (secondary N) is 2. The molecule has 3 heterocycles. The monoisotopic (exact) mass is 401 g/mol. The molecular formula is C19H20ClN5O3. The number of nitrogens with zero attached hydrogens (tertiary/aromatic N) is 3. The first kappa shape index (κ1) is 18.5. The molecule has 0 spiro atoms. The second kappa shape index (κ2) is 7.63. The van der Waals surface area contributed by atoms with Gasteiger partial charge in [-0.05, 0) is 31.9 Å². The second-order valence-electron chi connectivity index (χ2n) is 6.91. The zero-order valence-corrected chi connectivity index (χ0v) is 16.1. The molecule has 0 bridgehead atoms. The summed E-state index contributed by atoms with van der Waals surface area (Å²) in [5.41, 5.74) is 1.75. The average molecular weight is 402 g/mol. The van der Waals surface area contributed by atoms with Crippen molar-refractivity contribution >= 4 is 34.6 Å². The molecule has 1 aliphatic heterocycles. The van der Waals surface area contributed by atoms with Gasteiger partial charge in [0.15, 0.2) is 5.58 Å². The molecule has 0 radical (unpaired) electrons. The number of fused-ring (bicyclic) bond motifs is 1. The van der Waals surface area contributed by atoms with Crippen LogP contribution in [0.1, 0.15) is 24.4 Å². The minimum Gasteiger partial charge on any atom is -0.423 e. The molecule has 1 saturated heterocycles. The van der Waals surface area contributed by atoms with Crippen LogP contribution < -0.4 is 15.8 Å². The van der Waals surface area contributed by atoms with Crippen LogP contribution in [0.2, 0.25) is 5.02 Å². The summed E-state index contributed by atoms with van der Waals surface area (Å²) in [6.07, 6.45) is 1.40. The summed E-state index contributed by atoms with van der Waals surface area (Å²) in [5, 5.41) is 3.49. The van der Waals surface area contributed by atoms with E-state index in [-0.39, 0.29) is 23.9 Å². The molecule has 0 atom stereocenters. The molecule has 1 aromatic carbocycles. The number of carbonyl (C=O) groups is 1. The van der Waals surface area contributed by atoms with Crippen LogP contribution in [0.5, 0.6) is 0 Å². The molecular weight excluding hydrogens is 382 g/mol. The smallest absolute Gasteiger partial charge is 0.298 e. The quantitative estimate of drug-likeness (QED) is 0.695. The number of aromatic nitrogens is 3. The maximum Gasteiger partial charge on any atom is 0.298 e. The molecule has 1 fully saturated rings. The minimum atomic E-state index is -0.218. The molecule has 9 heteroatoms. The van der Waals surface area contributed by atoms with Gasteiger partial charge in [-0.25, -0.2) is 4.98 Å². The maximum absolute atomic E-state index is 12.5. The van der Waals surface area contributed by atoms with Crippen molar-refractivity contribution in [3.8, 4) is 0 Å². The fourth-order valence-electron chi connectivity index (χ4n) is 3.41. The van der Waals surface area contributed by atoms with Crippen LogP contribution in [0.25, 0.3) is 11.1 Å². The predicted molar refractivity (Wildman–Crippen MR) is 105 cm³/mol. The number of carbonyl (C=O) groups excluding carboxylic acids is 1. The Balaban J connectivity index is 1.33. The Bertz CT molecular complexity index is 1070. The zero-order chi connectivity index (χ0) is 19.7. The number of hydrogen-bond acceptors (Lipinski definition) is 6. The molecule has 0 saturated carbocycles. The lowest BCUT2D eigenvalue weighted by Gasteiger charge is -2.30. The van der Waals surface area contributed by atoms with Crippen LogP contribution >= 0.6 is 11.6 Å². The summed E-state index contributed by atoms with van der Waals surface area (Å²) in [4.78, 5) is 37.3. The van der Waals surface area contributed by atoms with Gasteiger partial charge in [0.25, 0.3) is 11.6 Å². The lowest BCUT2D eigenvalue weighted by molar-refractivity contribution is -0.125. The Kier molecular flexibility index (Phi) is 5.04. The molecule has 2 aromatic heterocycles. The van der Waals surface area contributed by atoms with Crippen LogP contribution in [0.3, 0.4) is 0 Å². The van der Waals surface area contributed by atoms with Crippen LogP contribution in [-0.2, 0) is 11.3 Å². The highest BCUT2D eigenvalue weighted by atomic mass is 35.5. The largest absolute Gasteiger partial charge is 0.423 e. The van der Waals surface area contributed by atoms with Gasteiger partial charge in [0.05, 0.1) is 12.2 Å². The lowest BCUT2D eigenvalue weighted by Crippen LogP contribution is -2.40. The van der Waals surface area contributed by atoms with E-state index in [1.54, 1.807) is 19.1 Å². The molecule has 4 rings (SSSR count). The van der Waals surface area contributed by atoms with E-state index in [9.17, 15) is 9.59 Å². The fraction of sp³-hybridized carbons (Fsp3) is 0.368. The van der Waals surface area contributed by atoms with Crippen molar-refractivity contribution in [2.75, 3.05) is 18.0 Å². The van der Waals surface area contributed by atoms with Crippen molar-refractivity contribution in [1.82, 2.24) is 20.3 Å². The molecule has 0 unspecified atom stereocenters. The lowest BCUT2D eigenvalue weighted by atomic mass is 9.96. The molecule has 146 valence electrons. The SMILES string of the molecule is Cc1nc(CNC(=O)C2CCN(c3nc4ccc(Cl)cc4o3)CC2)cc(=O)[nH]1. The van der Waals surface area contributed by atoms with Crippen molar-refractivity contribution in [3.63, 3.8) is 0 Å². The number of rotatable bonds is 4. The molecule has 1 aliphatic rings. The van der Waals surface area contributed by atoms with Crippen LogP contribution in [0.4, 0.5) is 6.01 Å². The van der Waals surface area contributed by atoms with Crippen molar-refractivity contribution in [1.29, 1.82) is 0 Å². The minimum absolute atomic E-state index is 0.0243. The molecule has 28 heavy (non-hydrogen) atoms. The van der Waals surface area contributed by atoms with Gasteiger partial charge >= 0.3 is 0 Å². The Hall–Kier alpha value is -2.87. The van der Waals surface area contributed by atoms with E-state index in [0.717, 1.165) is 5.52 Å². The summed E-state index contributed by atoms with van der Waals surface area (Å²) >= 11 is 5.99. The number of aromatic amines is 1. The first-order chi connectivity index (χ1) is 13.5. The van der Waals surface area contributed by atoms with Gasteiger partial charge in [0, 0.05) is 36.2 Å². The zero-order valence-electron chi connectivity index (χ0n) is 15.4. The summed E-state index contributed by atoms with van der Waals surface area (Å²) in [7, 11) is 0. The summed E-state index contributed by atoms with van der Waals surface area (Å²) in [6, 6.07) is 7.31. The van der Waals surface area contributed by atoms with E-state index in [0.29, 0.717) is 54.1 Å². The number of anilines is 1. The average Bonchev–Trinajstić information content (AvgIpc) is 3.08. The summed E-state index contributed by atoms with van der Waals surface area (Å²) in [5.74, 6) is 0.423. The van der Waals surface area contributed by atoms with Crippen molar-refractivity contribution in [3.05, 3.63) is 51.2 Å². The van der Waals surface area contributed by atoms with Crippen LogP contribution in [-0.4, -0.2) is 33.9 Å². The third-order valence-electron chi connectivity index (χ3n) is 4.83. The highest BCUT2D eigenvalue weighted by molar-refractivity contribution is 6.31. The number of amides is 1. The van der Waals surface area contributed by atoms with E-state index in [2.05, 4.69) is 20.3 Å². The van der Waals surface area contributed by atoms with E-state index in [1.807, 2.05) is 11.0 Å². The normalized spacial score (nSPS) is 15.1. The van der Waals surface area contributed by atoms with Gasteiger partial charge in [0.2, 0.25) is 5.91 Å². The first-order valence-electron chi connectivity index (χ1n) is 9.13. The summed E-state index contributed by atoms with van der Waals surface area (Å²) < 4.78 is 5.80. The van der Waals surface area contributed by atoms with Crippen molar-refractivity contribution in [2.24, 2.45) is 5.92 Å². The molecule has 0 aliphatic carbocycles. The molecule has 2 N–H and O–H groups in total. The number of halogens is 1. The van der Waals surface area contributed by atoms with Crippen molar-refractivity contribution in [2.45, 2.75) is 26.3 Å².